The monoisotopic (exact) mass is 254 g/mol. The molecule has 0 atom stereocenters. The predicted molar refractivity (Wildman–Crippen MR) is 70.1 cm³/mol. The molecule has 1 aromatic carbocycles. The van der Waals surface area contributed by atoms with Crippen LogP contribution in [0.2, 0.25) is 0 Å². The number of hydrogen-bond donors (Lipinski definition) is 0. The van der Waals surface area contributed by atoms with Gasteiger partial charge in [0, 0.05) is 5.88 Å². The van der Waals surface area contributed by atoms with Crippen LogP contribution in [0, 0.1) is 0 Å². The second-order valence-corrected chi connectivity index (χ2v) is 4.64. The lowest BCUT2D eigenvalue weighted by molar-refractivity contribution is 0.196. The maximum absolute atomic E-state index is 5.99. The van der Waals surface area contributed by atoms with Gasteiger partial charge in [0.25, 0.3) is 0 Å². The molecule has 0 heterocycles. The van der Waals surface area contributed by atoms with Gasteiger partial charge in [-0.15, -0.1) is 11.6 Å². The van der Waals surface area contributed by atoms with E-state index in [1.807, 2.05) is 25.1 Å². The molecular weight excluding hydrogens is 236 g/mol. The van der Waals surface area contributed by atoms with Crippen LogP contribution in [-0.4, -0.2) is 12.7 Å². The first-order valence-corrected chi connectivity index (χ1v) is 6.85. The molecule has 0 bridgehead atoms. The Bertz CT molecular complexity index is 359. The Hall–Kier alpha value is -0.890. The van der Waals surface area contributed by atoms with Crippen molar-refractivity contribution in [1.29, 1.82) is 0 Å². The molecule has 0 spiro atoms. The molecule has 1 aliphatic carbocycles. The third-order valence-electron chi connectivity index (χ3n) is 3.06. The van der Waals surface area contributed by atoms with E-state index >= 15 is 0 Å². The largest absolute Gasteiger partial charge is 0.490 e. The molecule has 1 aliphatic rings. The van der Waals surface area contributed by atoms with Crippen molar-refractivity contribution in [3.8, 4) is 11.5 Å². The molecule has 3 heteroatoms. The first-order chi connectivity index (χ1) is 8.33. The molecule has 0 unspecified atom stereocenters. The Morgan fingerprint density at radius 1 is 1.24 bits per heavy atom. The zero-order valence-corrected chi connectivity index (χ0v) is 11.0. The molecule has 0 N–H and O–H groups in total. The van der Waals surface area contributed by atoms with E-state index in [0.29, 0.717) is 18.6 Å². The van der Waals surface area contributed by atoms with Gasteiger partial charge in [-0.1, -0.05) is 6.07 Å². The van der Waals surface area contributed by atoms with E-state index in [9.17, 15) is 0 Å². The van der Waals surface area contributed by atoms with Crippen molar-refractivity contribution in [2.45, 2.75) is 44.6 Å². The van der Waals surface area contributed by atoms with Crippen molar-refractivity contribution >= 4 is 11.6 Å². The molecule has 2 nitrogen and oxygen atoms in total. The fourth-order valence-electron chi connectivity index (χ4n) is 2.19. The van der Waals surface area contributed by atoms with Gasteiger partial charge in [0.05, 0.1) is 12.7 Å². The van der Waals surface area contributed by atoms with E-state index < -0.39 is 0 Å². The summed E-state index contributed by atoms with van der Waals surface area (Å²) in [5, 5.41) is 0. The normalized spacial score (nSPS) is 16.1. The molecular formula is C14H19ClO2. The number of alkyl halides is 1. The highest BCUT2D eigenvalue weighted by molar-refractivity contribution is 6.17. The van der Waals surface area contributed by atoms with Crippen LogP contribution in [0.1, 0.15) is 38.2 Å². The fraction of sp³-hybridized carbons (Fsp3) is 0.571. The van der Waals surface area contributed by atoms with E-state index in [0.717, 1.165) is 29.9 Å². The fourth-order valence-corrected chi connectivity index (χ4v) is 2.35. The molecule has 0 radical (unpaired) electrons. The Balaban J connectivity index is 2.12. The molecule has 0 saturated heterocycles. The Kier molecular flexibility index (Phi) is 4.55. The summed E-state index contributed by atoms with van der Waals surface area (Å²) >= 11 is 5.83. The van der Waals surface area contributed by atoms with Crippen molar-refractivity contribution in [2.75, 3.05) is 6.61 Å². The van der Waals surface area contributed by atoms with Crippen LogP contribution in [0.3, 0.4) is 0 Å². The summed E-state index contributed by atoms with van der Waals surface area (Å²) in [5.74, 6) is 2.18. The Labute approximate surface area is 108 Å². The van der Waals surface area contributed by atoms with Crippen molar-refractivity contribution < 1.29 is 9.47 Å². The highest BCUT2D eigenvalue weighted by Gasteiger charge is 2.18. The number of ether oxygens (including phenoxy) is 2. The van der Waals surface area contributed by atoms with Gasteiger partial charge in [0.2, 0.25) is 0 Å². The van der Waals surface area contributed by atoms with Crippen LogP contribution in [0.5, 0.6) is 11.5 Å². The molecule has 1 fully saturated rings. The molecule has 2 rings (SSSR count). The summed E-state index contributed by atoms with van der Waals surface area (Å²) in [5.41, 5.74) is 1.06. The van der Waals surface area contributed by atoms with Crippen LogP contribution in [0.15, 0.2) is 18.2 Å². The second kappa shape index (κ2) is 6.15. The van der Waals surface area contributed by atoms with Gasteiger partial charge in [0.1, 0.15) is 0 Å². The smallest absolute Gasteiger partial charge is 0.161 e. The molecule has 94 valence electrons. The van der Waals surface area contributed by atoms with Gasteiger partial charge < -0.3 is 9.47 Å². The zero-order chi connectivity index (χ0) is 12.1. The van der Waals surface area contributed by atoms with Crippen molar-refractivity contribution in [2.24, 2.45) is 0 Å². The third-order valence-corrected chi connectivity index (χ3v) is 3.37. The molecule has 1 aromatic rings. The second-order valence-electron chi connectivity index (χ2n) is 4.37. The third kappa shape index (κ3) is 3.29. The predicted octanol–water partition coefficient (Wildman–Crippen LogP) is 4.15. The van der Waals surface area contributed by atoms with Gasteiger partial charge in [-0.3, -0.25) is 0 Å². The van der Waals surface area contributed by atoms with E-state index in [4.69, 9.17) is 21.1 Å². The average Bonchev–Trinajstić information content (AvgIpc) is 2.84. The summed E-state index contributed by atoms with van der Waals surface area (Å²) in [6, 6.07) is 5.95. The minimum absolute atomic E-state index is 0.357. The number of rotatable bonds is 5. The van der Waals surface area contributed by atoms with E-state index in [-0.39, 0.29) is 0 Å². The number of hydrogen-bond acceptors (Lipinski definition) is 2. The number of benzene rings is 1. The van der Waals surface area contributed by atoms with Gasteiger partial charge in [-0.25, -0.2) is 0 Å². The van der Waals surface area contributed by atoms with Crippen LogP contribution in [-0.2, 0) is 5.88 Å². The molecule has 1 saturated carbocycles. The molecule has 0 aromatic heterocycles. The Morgan fingerprint density at radius 3 is 2.65 bits per heavy atom. The topological polar surface area (TPSA) is 18.5 Å². The van der Waals surface area contributed by atoms with Crippen LogP contribution >= 0.6 is 11.6 Å². The summed E-state index contributed by atoms with van der Waals surface area (Å²) in [6.07, 6.45) is 5.21. The van der Waals surface area contributed by atoms with Gasteiger partial charge in [0.15, 0.2) is 11.5 Å². The molecule has 0 amide bonds. The summed E-state index contributed by atoms with van der Waals surface area (Å²) in [7, 11) is 0. The van der Waals surface area contributed by atoms with Crippen LogP contribution < -0.4 is 9.47 Å². The lowest BCUT2D eigenvalue weighted by Gasteiger charge is -2.17. The first-order valence-electron chi connectivity index (χ1n) is 6.32. The van der Waals surface area contributed by atoms with Crippen LogP contribution in [0.25, 0.3) is 0 Å². The first kappa shape index (κ1) is 12.6. The quantitative estimate of drug-likeness (QED) is 0.735. The maximum Gasteiger partial charge on any atom is 0.161 e. The van der Waals surface area contributed by atoms with Crippen molar-refractivity contribution in [3.05, 3.63) is 23.8 Å². The Morgan fingerprint density at radius 2 is 2.00 bits per heavy atom. The van der Waals surface area contributed by atoms with Gasteiger partial charge in [-0.05, 0) is 50.3 Å². The van der Waals surface area contributed by atoms with E-state index in [2.05, 4.69) is 0 Å². The highest BCUT2D eigenvalue weighted by Crippen LogP contribution is 2.32. The highest BCUT2D eigenvalue weighted by atomic mass is 35.5. The molecule has 0 aliphatic heterocycles. The summed E-state index contributed by atoms with van der Waals surface area (Å²) < 4.78 is 11.6. The maximum atomic E-state index is 5.99. The minimum Gasteiger partial charge on any atom is -0.490 e. The minimum atomic E-state index is 0.357. The summed E-state index contributed by atoms with van der Waals surface area (Å²) in [6.45, 7) is 2.62. The summed E-state index contributed by atoms with van der Waals surface area (Å²) in [4.78, 5) is 0. The van der Waals surface area contributed by atoms with Gasteiger partial charge >= 0.3 is 0 Å². The van der Waals surface area contributed by atoms with E-state index in [1.165, 1.54) is 12.8 Å². The van der Waals surface area contributed by atoms with Gasteiger partial charge in [-0.2, -0.15) is 0 Å². The zero-order valence-electron chi connectivity index (χ0n) is 10.2. The van der Waals surface area contributed by atoms with Crippen LogP contribution in [0.4, 0.5) is 0 Å². The van der Waals surface area contributed by atoms with Crippen molar-refractivity contribution in [1.82, 2.24) is 0 Å². The SMILES string of the molecule is CCOc1cc(CCl)ccc1OC1CCCC1. The van der Waals surface area contributed by atoms with E-state index in [1.54, 1.807) is 0 Å². The number of halogens is 1. The lowest BCUT2D eigenvalue weighted by atomic mass is 10.2. The standard InChI is InChI=1S/C14H19ClO2/c1-2-16-14-9-11(10-15)7-8-13(14)17-12-5-3-4-6-12/h7-9,12H,2-6,10H2,1H3. The average molecular weight is 255 g/mol. The van der Waals surface area contributed by atoms with Crippen molar-refractivity contribution in [3.63, 3.8) is 0 Å². The molecule has 17 heavy (non-hydrogen) atoms. The lowest BCUT2D eigenvalue weighted by Crippen LogP contribution is -2.12.